The molecule has 2 rings (SSSR count). The van der Waals surface area contributed by atoms with Crippen LogP contribution in [0, 0.1) is 12.7 Å². The van der Waals surface area contributed by atoms with Crippen LogP contribution in [0.15, 0.2) is 18.2 Å². The van der Waals surface area contributed by atoms with Gasteiger partial charge in [0.05, 0.1) is 6.04 Å². The molecule has 3 nitrogen and oxygen atoms in total. The first-order valence-corrected chi connectivity index (χ1v) is 5.80. The normalized spacial score (nSPS) is 21.5. The number of hydrogen-bond acceptors (Lipinski definition) is 3. The summed E-state index contributed by atoms with van der Waals surface area (Å²) in [6.07, 6.45) is 0. The minimum Gasteiger partial charge on any atom is -0.305 e. The van der Waals surface area contributed by atoms with E-state index >= 15 is 0 Å². The Bertz CT molecular complexity index is 433. The third-order valence-corrected chi connectivity index (χ3v) is 3.14. The van der Waals surface area contributed by atoms with E-state index in [9.17, 15) is 9.18 Å². The Balaban J connectivity index is 2.15. The highest BCUT2D eigenvalue weighted by Gasteiger charge is 2.24. The van der Waals surface area contributed by atoms with Crippen molar-refractivity contribution in [2.24, 2.45) is 0 Å². The molecular formula is C13H17FN2O. The second kappa shape index (κ2) is 4.94. The third kappa shape index (κ3) is 2.70. The number of aryl methyl sites for hydroxylation is 1. The lowest BCUT2D eigenvalue weighted by Crippen LogP contribution is -2.52. The average molecular weight is 236 g/mol. The van der Waals surface area contributed by atoms with Crippen molar-refractivity contribution in [3.8, 4) is 0 Å². The zero-order chi connectivity index (χ0) is 12.4. The molecule has 1 aromatic rings. The number of Topliss-reactive ketones (excluding diaryl/α,β-unsaturated/α-hetero) is 1. The van der Waals surface area contributed by atoms with Crippen molar-refractivity contribution in [3.05, 3.63) is 35.1 Å². The van der Waals surface area contributed by atoms with Gasteiger partial charge >= 0.3 is 0 Å². The summed E-state index contributed by atoms with van der Waals surface area (Å²) in [4.78, 5) is 14.3. The van der Waals surface area contributed by atoms with Gasteiger partial charge in [0.1, 0.15) is 5.82 Å². The van der Waals surface area contributed by atoms with Gasteiger partial charge in [0, 0.05) is 25.2 Å². The van der Waals surface area contributed by atoms with Gasteiger partial charge in [-0.2, -0.15) is 0 Å². The molecule has 1 saturated heterocycles. The van der Waals surface area contributed by atoms with Crippen molar-refractivity contribution in [1.29, 1.82) is 0 Å². The number of nitrogens with zero attached hydrogens (tertiary/aromatic N) is 1. The molecule has 1 fully saturated rings. The largest absolute Gasteiger partial charge is 0.305 e. The molecule has 1 aliphatic rings. The molecule has 0 aromatic heterocycles. The van der Waals surface area contributed by atoms with Crippen LogP contribution in [0.5, 0.6) is 0 Å². The van der Waals surface area contributed by atoms with Crippen LogP contribution in [0.4, 0.5) is 4.39 Å². The number of rotatable bonds is 2. The van der Waals surface area contributed by atoms with E-state index in [0.29, 0.717) is 17.7 Å². The van der Waals surface area contributed by atoms with Crippen LogP contribution < -0.4 is 5.32 Å². The number of ketones is 1. The summed E-state index contributed by atoms with van der Waals surface area (Å²) in [6, 6.07) is 4.35. The minimum atomic E-state index is -0.268. The molecule has 17 heavy (non-hydrogen) atoms. The van der Waals surface area contributed by atoms with E-state index in [-0.39, 0.29) is 17.6 Å². The first-order valence-electron chi connectivity index (χ1n) is 5.80. The van der Waals surface area contributed by atoms with Gasteiger partial charge in [0.2, 0.25) is 0 Å². The Morgan fingerprint density at radius 3 is 2.94 bits per heavy atom. The van der Waals surface area contributed by atoms with E-state index in [1.807, 2.05) is 7.05 Å². The van der Waals surface area contributed by atoms with E-state index in [4.69, 9.17) is 0 Å². The lowest BCUT2D eigenvalue weighted by atomic mass is 10.0. The SMILES string of the molecule is Cc1cc(C(=O)C2CN(C)CCN2)ccc1F. The molecule has 1 unspecified atom stereocenters. The lowest BCUT2D eigenvalue weighted by molar-refractivity contribution is 0.0894. The van der Waals surface area contributed by atoms with Crippen LogP contribution >= 0.6 is 0 Å². The number of carbonyl (C=O) groups is 1. The number of piperazine rings is 1. The molecule has 1 N–H and O–H groups in total. The monoisotopic (exact) mass is 236 g/mol. The highest BCUT2D eigenvalue weighted by molar-refractivity contribution is 6.00. The van der Waals surface area contributed by atoms with Crippen LogP contribution in [-0.2, 0) is 0 Å². The molecule has 0 saturated carbocycles. The molecule has 0 spiro atoms. The molecule has 0 amide bonds. The highest BCUT2D eigenvalue weighted by Crippen LogP contribution is 2.12. The Kier molecular flexibility index (Phi) is 3.54. The maximum Gasteiger partial charge on any atom is 0.181 e. The summed E-state index contributed by atoms with van der Waals surface area (Å²) in [5, 5.41) is 3.20. The fourth-order valence-electron chi connectivity index (χ4n) is 2.07. The van der Waals surface area contributed by atoms with E-state index in [0.717, 1.165) is 13.1 Å². The topological polar surface area (TPSA) is 32.3 Å². The third-order valence-electron chi connectivity index (χ3n) is 3.14. The Morgan fingerprint density at radius 1 is 1.53 bits per heavy atom. The quantitative estimate of drug-likeness (QED) is 0.784. The number of benzene rings is 1. The lowest BCUT2D eigenvalue weighted by Gasteiger charge is -2.29. The number of halogens is 1. The van der Waals surface area contributed by atoms with Gasteiger partial charge in [-0.05, 0) is 37.7 Å². The fraction of sp³-hybridized carbons (Fsp3) is 0.462. The first-order chi connectivity index (χ1) is 8.08. The molecule has 1 aromatic carbocycles. The van der Waals surface area contributed by atoms with Crippen molar-refractivity contribution >= 4 is 5.78 Å². The molecule has 0 aliphatic carbocycles. The van der Waals surface area contributed by atoms with Gasteiger partial charge in [0.25, 0.3) is 0 Å². The molecular weight excluding hydrogens is 219 g/mol. The summed E-state index contributed by atoms with van der Waals surface area (Å²) >= 11 is 0. The van der Waals surface area contributed by atoms with Crippen LogP contribution in [0.25, 0.3) is 0 Å². The first kappa shape index (κ1) is 12.2. The summed E-state index contributed by atoms with van der Waals surface area (Å²) in [6.45, 7) is 4.14. The summed E-state index contributed by atoms with van der Waals surface area (Å²) in [7, 11) is 2.00. The number of carbonyl (C=O) groups excluding carboxylic acids is 1. The van der Waals surface area contributed by atoms with E-state index in [1.54, 1.807) is 19.1 Å². The molecule has 1 heterocycles. The molecule has 1 atom stereocenters. The molecule has 1 aliphatic heterocycles. The highest BCUT2D eigenvalue weighted by atomic mass is 19.1. The number of nitrogens with one attached hydrogen (secondary N) is 1. The van der Waals surface area contributed by atoms with Crippen molar-refractivity contribution in [2.45, 2.75) is 13.0 Å². The van der Waals surface area contributed by atoms with Gasteiger partial charge in [-0.25, -0.2) is 4.39 Å². The zero-order valence-electron chi connectivity index (χ0n) is 10.2. The van der Waals surface area contributed by atoms with Crippen molar-refractivity contribution in [2.75, 3.05) is 26.7 Å². The average Bonchev–Trinajstić information content (AvgIpc) is 2.32. The van der Waals surface area contributed by atoms with E-state index in [2.05, 4.69) is 10.2 Å². The predicted molar refractivity (Wildman–Crippen MR) is 64.8 cm³/mol. The predicted octanol–water partition coefficient (Wildman–Crippen LogP) is 1.22. The van der Waals surface area contributed by atoms with Crippen molar-refractivity contribution in [3.63, 3.8) is 0 Å². The summed E-state index contributed by atoms with van der Waals surface area (Å²) in [5.41, 5.74) is 1.09. The van der Waals surface area contributed by atoms with Crippen LogP contribution in [0.2, 0.25) is 0 Å². The van der Waals surface area contributed by atoms with E-state index < -0.39 is 0 Å². The maximum absolute atomic E-state index is 13.1. The Morgan fingerprint density at radius 2 is 2.29 bits per heavy atom. The maximum atomic E-state index is 13.1. The summed E-state index contributed by atoms with van der Waals surface area (Å²) in [5.74, 6) is -0.227. The van der Waals surface area contributed by atoms with Crippen molar-refractivity contribution < 1.29 is 9.18 Å². The molecule has 92 valence electrons. The second-order valence-electron chi connectivity index (χ2n) is 4.60. The fourth-order valence-corrected chi connectivity index (χ4v) is 2.07. The molecule has 0 radical (unpaired) electrons. The van der Waals surface area contributed by atoms with Crippen LogP contribution in [0.1, 0.15) is 15.9 Å². The van der Waals surface area contributed by atoms with Crippen LogP contribution in [0.3, 0.4) is 0 Å². The minimum absolute atomic E-state index is 0.0413. The standard InChI is InChI=1S/C13H17FN2O/c1-9-7-10(3-4-11(9)14)13(17)12-8-16(2)6-5-15-12/h3-4,7,12,15H,5-6,8H2,1-2H3. The number of hydrogen-bond donors (Lipinski definition) is 1. The van der Waals surface area contributed by atoms with Crippen molar-refractivity contribution in [1.82, 2.24) is 10.2 Å². The van der Waals surface area contributed by atoms with Gasteiger partial charge in [-0.3, -0.25) is 4.79 Å². The number of likely N-dealkylation sites (N-methyl/N-ethyl adjacent to an activating group) is 1. The Hall–Kier alpha value is -1.26. The van der Waals surface area contributed by atoms with E-state index in [1.165, 1.54) is 6.07 Å². The van der Waals surface area contributed by atoms with Crippen LogP contribution in [-0.4, -0.2) is 43.4 Å². The second-order valence-corrected chi connectivity index (χ2v) is 4.60. The molecule has 4 heteroatoms. The molecule has 0 bridgehead atoms. The Labute approximate surface area is 101 Å². The zero-order valence-corrected chi connectivity index (χ0v) is 10.2. The van der Waals surface area contributed by atoms with Gasteiger partial charge < -0.3 is 10.2 Å². The van der Waals surface area contributed by atoms with Gasteiger partial charge in [0.15, 0.2) is 5.78 Å². The van der Waals surface area contributed by atoms with Gasteiger partial charge in [-0.1, -0.05) is 0 Å². The smallest absolute Gasteiger partial charge is 0.181 e. The summed E-state index contributed by atoms with van der Waals surface area (Å²) < 4.78 is 13.1. The van der Waals surface area contributed by atoms with Gasteiger partial charge in [-0.15, -0.1) is 0 Å².